The molecule has 0 bridgehead atoms. The molecular formula is C23H14ClN3O2. The Labute approximate surface area is 170 Å². The maximum Gasteiger partial charge on any atom is 0.266 e. The van der Waals surface area contributed by atoms with Crippen molar-refractivity contribution >= 4 is 45.7 Å². The van der Waals surface area contributed by atoms with Crippen molar-refractivity contribution in [2.45, 2.75) is 0 Å². The number of halogens is 1. The lowest BCUT2D eigenvalue weighted by Gasteiger charge is -2.13. The van der Waals surface area contributed by atoms with Gasteiger partial charge in [-0.15, -0.1) is 0 Å². The Kier molecular flexibility index (Phi) is 4.03. The first-order valence-electron chi connectivity index (χ1n) is 9.02. The van der Waals surface area contributed by atoms with Gasteiger partial charge in [0, 0.05) is 11.3 Å². The standard InChI is InChI=1S/C23H14ClN3O2/c24-17-9-3-6-12-20(17)27-21(25-19-11-5-2-8-15(19)23(27)29)13-16-14-7-1-4-10-18(14)26-22(16)28/h1-13H,(H,26,28)/b16-13-. The molecular weight excluding hydrogens is 386 g/mol. The maximum atomic E-state index is 13.3. The second-order valence-electron chi connectivity index (χ2n) is 6.64. The van der Waals surface area contributed by atoms with Crippen molar-refractivity contribution in [2.75, 3.05) is 5.32 Å². The highest BCUT2D eigenvalue weighted by atomic mass is 35.5. The molecule has 1 aromatic heterocycles. The minimum absolute atomic E-state index is 0.237. The van der Waals surface area contributed by atoms with Crippen LogP contribution in [0.1, 0.15) is 11.4 Å². The van der Waals surface area contributed by atoms with Crippen molar-refractivity contribution in [1.29, 1.82) is 0 Å². The van der Waals surface area contributed by atoms with E-state index >= 15 is 0 Å². The summed E-state index contributed by atoms with van der Waals surface area (Å²) >= 11 is 6.39. The summed E-state index contributed by atoms with van der Waals surface area (Å²) in [6.07, 6.45) is 1.64. The first-order valence-corrected chi connectivity index (χ1v) is 9.40. The van der Waals surface area contributed by atoms with E-state index in [1.807, 2.05) is 30.3 Å². The Morgan fingerprint density at radius 1 is 0.897 bits per heavy atom. The van der Waals surface area contributed by atoms with E-state index in [4.69, 9.17) is 11.6 Å². The third-order valence-electron chi connectivity index (χ3n) is 4.88. The summed E-state index contributed by atoms with van der Waals surface area (Å²) in [5.41, 5.74) is 2.77. The van der Waals surface area contributed by atoms with Crippen LogP contribution in [0.5, 0.6) is 0 Å². The molecule has 5 rings (SSSR count). The molecule has 0 aliphatic carbocycles. The second kappa shape index (κ2) is 6.72. The summed E-state index contributed by atoms with van der Waals surface area (Å²) in [6.45, 7) is 0. The number of nitrogens with one attached hydrogen (secondary N) is 1. The van der Waals surface area contributed by atoms with Crippen LogP contribution in [-0.4, -0.2) is 15.5 Å². The molecule has 1 aliphatic heterocycles. The van der Waals surface area contributed by atoms with Crippen molar-refractivity contribution in [1.82, 2.24) is 9.55 Å². The average Bonchev–Trinajstić information content (AvgIpc) is 3.04. The summed E-state index contributed by atoms with van der Waals surface area (Å²) in [6, 6.07) is 21.6. The average molecular weight is 400 g/mol. The molecule has 0 radical (unpaired) electrons. The van der Waals surface area contributed by atoms with Gasteiger partial charge in [-0.05, 0) is 36.4 Å². The van der Waals surface area contributed by atoms with E-state index in [0.717, 1.165) is 11.3 Å². The van der Waals surface area contributed by atoms with E-state index in [2.05, 4.69) is 10.3 Å². The summed E-state index contributed by atoms with van der Waals surface area (Å²) in [4.78, 5) is 30.6. The van der Waals surface area contributed by atoms with Crippen LogP contribution in [0.3, 0.4) is 0 Å². The Balaban J connectivity index is 1.85. The number of aromatic nitrogens is 2. The predicted molar refractivity (Wildman–Crippen MR) is 115 cm³/mol. The molecule has 0 atom stereocenters. The van der Waals surface area contributed by atoms with Crippen LogP contribution >= 0.6 is 11.6 Å². The van der Waals surface area contributed by atoms with Gasteiger partial charge in [-0.25, -0.2) is 4.98 Å². The van der Waals surface area contributed by atoms with Gasteiger partial charge in [0.05, 0.1) is 27.2 Å². The van der Waals surface area contributed by atoms with Gasteiger partial charge in [0.15, 0.2) is 0 Å². The van der Waals surface area contributed by atoms with Gasteiger partial charge in [0.1, 0.15) is 5.82 Å². The van der Waals surface area contributed by atoms with E-state index in [1.165, 1.54) is 4.57 Å². The van der Waals surface area contributed by atoms with Gasteiger partial charge < -0.3 is 5.32 Å². The SMILES string of the molecule is O=C1Nc2ccccc2/C1=C/c1nc2ccccc2c(=O)n1-c1ccccc1Cl. The molecule has 6 heteroatoms. The molecule has 1 amide bonds. The zero-order valence-electron chi connectivity index (χ0n) is 15.1. The number of fused-ring (bicyclic) bond motifs is 2. The number of nitrogens with zero attached hydrogens (tertiary/aromatic N) is 2. The molecule has 1 N–H and O–H groups in total. The maximum absolute atomic E-state index is 13.3. The van der Waals surface area contributed by atoms with Crippen LogP contribution in [0.25, 0.3) is 28.2 Å². The number of para-hydroxylation sites is 3. The van der Waals surface area contributed by atoms with Gasteiger partial charge in [-0.3, -0.25) is 14.2 Å². The van der Waals surface area contributed by atoms with Crippen LogP contribution in [0.15, 0.2) is 77.6 Å². The van der Waals surface area contributed by atoms with Crippen molar-refractivity contribution < 1.29 is 4.79 Å². The highest BCUT2D eigenvalue weighted by molar-refractivity contribution is 6.35. The molecule has 1 aliphatic rings. The smallest absolute Gasteiger partial charge is 0.266 e. The van der Waals surface area contributed by atoms with Gasteiger partial charge >= 0.3 is 0 Å². The molecule has 140 valence electrons. The van der Waals surface area contributed by atoms with E-state index in [1.54, 1.807) is 48.5 Å². The molecule has 0 unspecified atom stereocenters. The zero-order valence-corrected chi connectivity index (χ0v) is 15.9. The Morgan fingerprint density at radius 2 is 1.62 bits per heavy atom. The summed E-state index contributed by atoms with van der Waals surface area (Å²) < 4.78 is 1.45. The quantitative estimate of drug-likeness (QED) is 0.503. The topological polar surface area (TPSA) is 64.0 Å². The lowest BCUT2D eigenvalue weighted by Crippen LogP contribution is -2.23. The van der Waals surface area contributed by atoms with Crippen LogP contribution < -0.4 is 10.9 Å². The van der Waals surface area contributed by atoms with Crippen LogP contribution in [0, 0.1) is 0 Å². The number of carbonyl (C=O) groups excluding carboxylic acids is 1. The largest absolute Gasteiger partial charge is 0.321 e. The van der Waals surface area contributed by atoms with Crippen molar-refractivity contribution in [3.05, 3.63) is 99.6 Å². The molecule has 5 nitrogen and oxygen atoms in total. The minimum Gasteiger partial charge on any atom is -0.321 e. The lowest BCUT2D eigenvalue weighted by molar-refractivity contribution is -0.110. The van der Waals surface area contributed by atoms with E-state index in [0.29, 0.717) is 33.0 Å². The van der Waals surface area contributed by atoms with Gasteiger partial charge in [0.25, 0.3) is 11.5 Å². The van der Waals surface area contributed by atoms with Gasteiger partial charge in [-0.1, -0.05) is 54.1 Å². The fourth-order valence-electron chi connectivity index (χ4n) is 3.52. The monoisotopic (exact) mass is 399 g/mol. The molecule has 3 aromatic carbocycles. The molecule has 0 saturated carbocycles. The summed E-state index contributed by atoms with van der Waals surface area (Å²) in [5, 5.41) is 3.74. The Morgan fingerprint density at radius 3 is 2.48 bits per heavy atom. The lowest BCUT2D eigenvalue weighted by atomic mass is 10.1. The fourth-order valence-corrected chi connectivity index (χ4v) is 3.74. The van der Waals surface area contributed by atoms with E-state index < -0.39 is 0 Å². The number of hydrogen-bond acceptors (Lipinski definition) is 3. The van der Waals surface area contributed by atoms with Crippen molar-refractivity contribution in [2.24, 2.45) is 0 Å². The highest BCUT2D eigenvalue weighted by Gasteiger charge is 2.25. The van der Waals surface area contributed by atoms with Gasteiger partial charge in [-0.2, -0.15) is 0 Å². The molecule has 29 heavy (non-hydrogen) atoms. The number of carbonyl (C=O) groups is 1. The molecule has 0 spiro atoms. The third-order valence-corrected chi connectivity index (χ3v) is 5.20. The minimum atomic E-state index is -0.248. The van der Waals surface area contributed by atoms with Crippen LogP contribution in [0.4, 0.5) is 5.69 Å². The second-order valence-corrected chi connectivity index (χ2v) is 7.04. The normalized spacial score (nSPS) is 14.2. The first-order chi connectivity index (χ1) is 14.1. The number of hydrogen-bond donors (Lipinski definition) is 1. The van der Waals surface area contributed by atoms with Crippen LogP contribution in [-0.2, 0) is 4.79 Å². The van der Waals surface area contributed by atoms with E-state index in [9.17, 15) is 9.59 Å². The Bertz CT molecular complexity index is 1390. The summed E-state index contributed by atoms with van der Waals surface area (Å²) in [7, 11) is 0. The van der Waals surface area contributed by atoms with Crippen LogP contribution in [0.2, 0.25) is 5.02 Å². The molecule has 0 fully saturated rings. The number of rotatable bonds is 2. The van der Waals surface area contributed by atoms with E-state index in [-0.39, 0.29) is 11.5 Å². The zero-order chi connectivity index (χ0) is 20.0. The number of amides is 1. The molecule has 0 saturated heterocycles. The first kappa shape index (κ1) is 17.4. The highest BCUT2D eigenvalue weighted by Crippen LogP contribution is 2.33. The van der Waals surface area contributed by atoms with Crippen molar-refractivity contribution in [3.63, 3.8) is 0 Å². The van der Waals surface area contributed by atoms with Crippen molar-refractivity contribution in [3.8, 4) is 5.69 Å². The number of benzene rings is 3. The molecule has 2 heterocycles. The fraction of sp³-hybridized carbons (Fsp3) is 0. The van der Waals surface area contributed by atoms with Gasteiger partial charge in [0.2, 0.25) is 0 Å². The number of anilines is 1. The third kappa shape index (κ3) is 2.83. The predicted octanol–water partition coefficient (Wildman–Crippen LogP) is 4.53. The molecule has 4 aromatic rings. The summed E-state index contributed by atoms with van der Waals surface area (Å²) in [5.74, 6) is 0.1000. The Hall–Kier alpha value is -3.70.